The van der Waals surface area contributed by atoms with Gasteiger partial charge in [-0.2, -0.15) is 0 Å². The van der Waals surface area contributed by atoms with Gasteiger partial charge in [-0.25, -0.2) is 4.79 Å². The number of methoxy groups -OCH3 is 1. The van der Waals surface area contributed by atoms with Gasteiger partial charge in [-0.05, 0) is 18.2 Å². The molecule has 2 rings (SSSR count). The number of hydrogen-bond acceptors (Lipinski definition) is 3. The van der Waals surface area contributed by atoms with Crippen LogP contribution in [0.1, 0.15) is 10.4 Å². The third-order valence-electron chi connectivity index (χ3n) is 2.43. The lowest BCUT2D eigenvalue weighted by atomic mass is 10.1. The molecule has 0 bridgehead atoms. The Labute approximate surface area is 108 Å². The predicted octanol–water partition coefficient (Wildman–Crippen LogP) is 3.64. The summed E-state index contributed by atoms with van der Waals surface area (Å²) in [5.74, 6) is -0.584. The number of esters is 1. The first-order valence-corrected chi connectivity index (χ1v) is 5.49. The van der Waals surface area contributed by atoms with Crippen LogP contribution >= 0.6 is 23.2 Å². The molecule has 0 aliphatic heterocycles. The number of ether oxygens (including phenoxy) is 1. The Morgan fingerprint density at radius 1 is 1.18 bits per heavy atom. The molecule has 17 heavy (non-hydrogen) atoms. The summed E-state index contributed by atoms with van der Waals surface area (Å²) >= 11 is 11.8. The van der Waals surface area contributed by atoms with Gasteiger partial charge in [0.05, 0.1) is 22.7 Å². The van der Waals surface area contributed by atoms with Crippen molar-refractivity contribution in [2.24, 2.45) is 0 Å². The van der Waals surface area contributed by atoms with Crippen molar-refractivity contribution in [3.05, 3.63) is 39.9 Å². The first-order chi connectivity index (χ1) is 8.04. The Hall–Kier alpha value is -1.45. The van der Waals surface area contributed by atoms with E-state index >= 15 is 0 Å². The van der Waals surface area contributed by atoms with E-state index in [1.54, 1.807) is 12.1 Å². The first kappa shape index (κ1) is 12.0. The van der Waals surface area contributed by atoms with Crippen LogP contribution in [0.2, 0.25) is 10.0 Å². The van der Waals surface area contributed by atoms with E-state index in [0.717, 1.165) is 0 Å². The predicted molar refractivity (Wildman–Crippen MR) is 67.0 cm³/mol. The van der Waals surface area contributed by atoms with Gasteiger partial charge >= 0.3 is 5.97 Å². The number of benzene rings is 2. The van der Waals surface area contributed by atoms with E-state index in [4.69, 9.17) is 23.2 Å². The molecule has 0 saturated carbocycles. The van der Waals surface area contributed by atoms with Gasteiger partial charge in [0.1, 0.15) is 5.75 Å². The molecule has 5 heteroatoms. The van der Waals surface area contributed by atoms with Crippen LogP contribution in [0.5, 0.6) is 5.75 Å². The van der Waals surface area contributed by atoms with E-state index in [-0.39, 0.29) is 10.8 Å². The summed E-state index contributed by atoms with van der Waals surface area (Å²) in [6, 6.07) is 6.17. The highest BCUT2D eigenvalue weighted by Crippen LogP contribution is 2.37. The normalized spacial score (nSPS) is 10.5. The third-order valence-corrected chi connectivity index (χ3v) is 3.03. The van der Waals surface area contributed by atoms with Crippen molar-refractivity contribution in [3.63, 3.8) is 0 Å². The molecule has 0 saturated heterocycles. The summed E-state index contributed by atoms with van der Waals surface area (Å²) in [6.07, 6.45) is 0. The Morgan fingerprint density at radius 3 is 2.53 bits per heavy atom. The Balaban J connectivity index is 2.76. The van der Waals surface area contributed by atoms with Crippen molar-refractivity contribution in [1.29, 1.82) is 0 Å². The number of carbonyl (C=O) groups excluding carboxylic acids is 1. The molecule has 0 radical (unpaired) electrons. The van der Waals surface area contributed by atoms with Crippen molar-refractivity contribution < 1.29 is 14.6 Å². The third kappa shape index (κ3) is 2.04. The van der Waals surface area contributed by atoms with E-state index in [1.807, 2.05) is 0 Å². The fourth-order valence-corrected chi connectivity index (χ4v) is 2.12. The molecule has 2 aromatic carbocycles. The summed E-state index contributed by atoms with van der Waals surface area (Å²) in [7, 11) is 1.29. The lowest BCUT2D eigenvalue weighted by molar-refractivity contribution is 0.0601. The summed E-state index contributed by atoms with van der Waals surface area (Å²) in [5.41, 5.74) is 0.327. The molecule has 3 nitrogen and oxygen atoms in total. The van der Waals surface area contributed by atoms with Crippen molar-refractivity contribution >= 4 is 39.9 Å². The summed E-state index contributed by atoms with van der Waals surface area (Å²) in [4.78, 5) is 11.4. The quantitative estimate of drug-likeness (QED) is 0.805. The summed E-state index contributed by atoms with van der Waals surface area (Å²) < 4.78 is 4.60. The molecule has 2 aromatic rings. The van der Waals surface area contributed by atoms with Crippen molar-refractivity contribution in [2.75, 3.05) is 7.11 Å². The number of phenolic OH excluding ortho intramolecular Hbond substituents is 1. The van der Waals surface area contributed by atoms with Gasteiger partial charge in [0.15, 0.2) is 0 Å². The second-order valence-corrected chi connectivity index (χ2v) is 4.26. The monoisotopic (exact) mass is 270 g/mol. The van der Waals surface area contributed by atoms with E-state index < -0.39 is 5.97 Å². The second-order valence-electron chi connectivity index (χ2n) is 3.44. The summed E-state index contributed by atoms with van der Waals surface area (Å²) in [5, 5.41) is 11.4. The van der Waals surface area contributed by atoms with E-state index in [9.17, 15) is 9.90 Å². The average Bonchev–Trinajstić information content (AvgIpc) is 2.34. The molecule has 0 heterocycles. The van der Waals surface area contributed by atoms with Crippen LogP contribution in [-0.4, -0.2) is 18.2 Å². The zero-order chi connectivity index (χ0) is 12.6. The number of halogens is 2. The van der Waals surface area contributed by atoms with E-state index in [2.05, 4.69) is 4.74 Å². The first-order valence-electron chi connectivity index (χ1n) is 4.73. The molecule has 1 N–H and O–H groups in total. The molecule has 0 aliphatic carbocycles. The Kier molecular flexibility index (Phi) is 3.13. The maximum atomic E-state index is 11.4. The maximum Gasteiger partial charge on any atom is 0.337 e. The van der Waals surface area contributed by atoms with Gasteiger partial charge in [0.2, 0.25) is 0 Å². The highest BCUT2D eigenvalue weighted by atomic mass is 35.5. The molecule has 88 valence electrons. The summed E-state index contributed by atoms with van der Waals surface area (Å²) in [6.45, 7) is 0. The molecular formula is C12H8Cl2O3. The number of carbonyl (C=O) groups is 1. The molecule has 0 fully saturated rings. The van der Waals surface area contributed by atoms with Crippen LogP contribution in [0.15, 0.2) is 24.3 Å². The molecule has 0 unspecified atom stereocenters. The fourth-order valence-electron chi connectivity index (χ4n) is 1.58. The largest absolute Gasteiger partial charge is 0.506 e. The minimum absolute atomic E-state index is 0.100. The molecule has 0 amide bonds. The standard InChI is InChI=1S/C12H8Cl2O3/c1-17-12(16)6-2-3-7-8(4-6)11(15)10(14)5-9(7)13/h2-5,15H,1H3. The van der Waals surface area contributed by atoms with Crippen molar-refractivity contribution in [1.82, 2.24) is 0 Å². The van der Waals surface area contributed by atoms with Gasteiger partial charge in [0.25, 0.3) is 0 Å². The minimum Gasteiger partial charge on any atom is -0.506 e. The highest BCUT2D eigenvalue weighted by Gasteiger charge is 2.12. The second kappa shape index (κ2) is 4.43. The lowest BCUT2D eigenvalue weighted by Gasteiger charge is -2.07. The maximum absolute atomic E-state index is 11.4. The fraction of sp³-hybridized carbons (Fsp3) is 0.0833. The van der Waals surface area contributed by atoms with Crippen molar-refractivity contribution in [3.8, 4) is 5.75 Å². The van der Waals surface area contributed by atoms with Crippen LogP contribution in [0.4, 0.5) is 0 Å². The van der Waals surface area contributed by atoms with Crippen molar-refractivity contribution in [2.45, 2.75) is 0 Å². The van der Waals surface area contributed by atoms with Crippen LogP contribution in [0.3, 0.4) is 0 Å². The smallest absolute Gasteiger partial charge is 0.337 e. The lowest BCUT2D eigenvalue weighted by Crippen LogP contribution is -2.00. The average molecular weight is 271 g/mol. The zero-order valence-electron chi connectivity index (χ0n) is 8.83. The Bertz CT molecular complexity index is 608. The zero-order valence-corrected chi connectivity index (χ0v) is 10.3. The van der Waals surface area contributed by atoms with Crippen LogP contribution in [0.25, 0.3) is 10.8 Å². The van der Waals surface area contributed by atoms with Crippen LogP contribution < -0.4 is 0 Å². The SMILES string of the molecule is COC(=O)c1ccc2c(Cl)cc(Cl)c(O)c2c1. The number of aromatic hydroxyl groups is 1. The molecule has 0 atom stereocenters. The van der Waals surface area contributed by atoms with Crippen LogP contribution in [-0.2, 0) is 4.74 Å². The minimum atomic E-state index is -0.484. The van der Waals surface area contributed by atoms with Gasteiger partial charge in [-0.3, -0.25) is 0 Å². The molecule has 0 aromatic heterocycles. The van der Waals surface area contributed by atoms with E-state index in [1.165, 1.54) is 19.2 Å². The van der Waals surface area contributed by atoms with Gasteiger partial charge < -0.3 is 9.84 Å². The number of fused-ring (bicyclic) bond motifs is 1. The van der Waals surface area contributed by atoms with Gasteiger partial charge in [0, 0.05) is 10.8 Å². The van der Waals surface area contributed by atoms with Gasteiger partial charge in [-0.1, -0.05) is 29.3 Å². The highest BCUT2D eigenvalue weighted by molar-refractivity contribution is 6.40. The molecule has 0 spiro atoms. The molecule has 0 aliphatic rings. The van der Waals surface area contributed by atoms with E-state index in [0.29, 0.717) is 21.4 Å². The number of hydrogen-bond donors (Lipinski definition) is 1. The molecular weight excluding hydrogens is 263 g/mol. The van der Waals surface area contributed by atoms with Crippen LogP contribution in [0, 0.1) is 0 Å². The Morgan fingerprint density at radius 2 is 1.88 bits per heavy atom. The van der Waals surface area contributed by atoms with Gasteiger partial charge in [-0.15, -0.1) is 0 Å². The number of rotatable bonds is 1. The topological polar surface area (TPSA) is 46.5 Å². The number of phenols is 1.